The van der Waals surface area contributed by atoms with Crippen LogP contribution in [-0.2, 0) is 9.84 Å². The van der Waals surface area contributed by atoms with Crippen LogP contribution in [0.15, 0.2) is 16.3 Å². The third-order valence-electron chi connectivity index (χ3n) is 2.54. The standard InChI is InChI=1S/C11H19N5O2S/c1-5-19(17,18)11-9(3)13-6-10(14-11)8(2)15-16(4)7-12/h6H,5,7,12H2,1-4H3/b15-8+. The van der Waals surface area contributed by atoms with Gasteiger partial charge >= 0.3 is 0 Å². The minimum absolute atomic E-state index is 0.00906. The molecule has 1 aromatic rings. The summed E-state index contributed by atoms with van der Waals surface area (Å²) in [6, 6.07) is 0. The molecule has 0 saturated heterocycles. The number of hydrazone groups is 1. The van der Waals surface area contributed by atoms with E-state index in [9.17, 15) is 8.42 Å². The van der Waals surface area contributed by atoms with Crippen molar-refractivity contribution in [2.45, 2.75) is 25.8 Å². The normalized spacial score (nSPS) is 12.6. The molecule has 2 N–H and O–H groups in total. The van der Waals surface area contributed by atoms with Crippen LogP contribution in [0.1, 0.15) is 25.2 Å². The molecule has 1 aromatic heterocycles. The van der Waals surface area contributed by atoms with Gasteiger partial charge in [-0.1, -0.05) is 6.92 Å². The van der Waals surface area contributed by atoms with Crippen LogP contribution in [0.25, 0.3) is 0 Å². The fraction of sp³-hybridized carbons (Fsp3) is 0.545. The Kier molecular flexibility index (Phi) is 4.96. The van der Waals surface area contributed by atoms with Gasteiger partial charge in [0.25, 0.3) is 0 Å². The monoisotopic (exact) mass is 285 g/mol. The summed E-state index contributed by atoms with van der Waals surface area (Å²) < 4.78 is 23.8. The lowest BCUT2D eigenvalue weighted by molar-refractivity contribution is 0.366. The summed E-state index contributed by atoms with van der Waals surface area (Å²) in [6.45, 7) is 5.19. The molecule has 0 saturated carbocycles. The minimum Gasteiger partial charge on any atom is -0.313 e. The molecule has 1 heterocycles. The Morgan fingerprint density at radius 1 is 1.53 bits per heavy atom. The molecule has 1 rings (SSSR count). The van der Waals surface area contributed by atoms with Crippen molar-refractivity contribution in [3.8, 4) is 0 Å². The molecule has 106 valence electrons. The number of hydrogen-bond donors (Lipinski definition) is 1. The molecular weight excluding hydrogens is 266 g/mol. The Bertz CT molecular complexity index is 583. The summed E-state index contributed by atoms with van der Waals surface area (Å²) in [5.74, 6) is -0.00906. The Morgan fingerprint density at radius 2 is 2.16 bits per heavy atom. The molecule has 0 fully saturated rings. The van der Waals surface area contributed by atoms with E-state index in [0.717, 1.165) is 0 Å². The molecule has 0 radical (unpaired) electrons. The van der Waals surface area contributed by atoms with Gasteiger partial charge in [-0.25, -0.2) is 13.4 Å². The maximum Gasteiger partial charge on any atom is 0.197 e. The topological polar surface area (TPSA) is 102 Å². The SMILES string of the molecule is CCS(=O)(=O)c1nc(/C(C)=N/N(C)CN)cnc1C. The predicted octanol–water partition coefficient (Wildman–Crippen LogP) is 0.151. The van der Waals surface area contributed by atoms with Crippen molar-refractivity contribution in [3.05, 3.63) is 17.6 Å². The summed E-state index contributed by atoms with van der Waals surface area (Å²) in [5.41, 5.74) is 6.82. The zero-order chi connectivity index (χ0) is 14.6. The molecule has 0 bridgehead atoms. The van der Waals surface area contributed by atoms with Crippen LogP contribution in [-0.4, -0.2) is 48.6 Å². The number of aromatic nitrogens is 2. The van der Waals surface area contributed by atoms with E-state index in [0.29, 0.717) is 17.1 Å². The minimum atomic E-state index is -3.39. The molecule has 0 atom stereocenters. The van der Waals surface area contributed by atoms with Crippen LogP contribution in [0.3, 0.4) is 0 Å². The average molecular weight is 285 g/mol. The van der Waals surface area contributed by atoms with Crippen LogP contribution >= 0.6 is 0 Å². The Balaban J connectivity index is 3.28. The van der Waals surface area contributed by atoms with Crippen LogP contribution in [0, 0.1) is 6.92 Å². The van der Waals surface area contributed by atoms with Gasteiger partial charge in [-0.3, -0.25) is 9.99 Å². The van der Waals surface area contributed by atoms with Gasteiger partial charge in [0, 0.05) is 7.05 Å². The number of rotatable bonds is 5. The molecule has 0 spiro atoms. The number of aryl methyl sites for hydroxylation is 1. The van der Waals surface area contributed by atoms with Gasteiger partial charge in [0.1, 0.15) is 5.69 Å². The maximum absolute atomic E-state index is 11.9. The highest BCUT2D eigenvalue weighted by atomic mass is 32.2. The number of nitrogens with zero attached hydrogens (tertiary/aromatic N) is 4. The zero-order valence-electron chi connectivity index (χ0n) is 11.6. The van der Waals surface area contributed by atoms with E-state index in [-0.39, 0.29) is 17.4 Å². The van der Waals surface area contributed by atoms with Crippen molar-refractivity contribution in [1.82, 2.24) is 15.0 Å². The van der Waals surface area contributed by atoms with Gasteiger partial charge < -0.3 is 5.73 Å². The first-order valence-electron chi connectivity index (χ1n) is 5.85. The Hall–Kier alpha value is -1.54. The lowest BCUT2D eigenvalue weighted by Crippen LogP contribution is -2.22. The first-order valence-corrected chi connectivity index (χ1v) is 7.50. The largest absolute Gasteiger partial charge is 0.313 e. The number of nitrogens with two attached hydrogens (primary N) is 1. The van der Waals surface area contributed by atoms with Crippen molar-refractivity contribution in [3.63, 3.8) is 0 Å². The van der Waals surface area contributed by atoms with E-state index >= 15 is 0 Å². The van der Waals surface area contributed by atoms with E-state index < -0.39 is 9.84 Å². The first kappa shape index (κ1) is 15.5. The third kappa shape index (κ3) is 3.71. The second-order valence-corrected chi connectivity index (χ2v) is 6.27. The maximum atomic E-state index is 11.9. The second-order valence-electron chi connectivity index (χ2n) is 4.07. The lowest BCUT2D eigenvalue weighted by Gasteiger charge is -2.11. The quantitative estimate of drug-likeness (QED) is 0.469. The molecule has 0 aliphatic heterocycles. The first-order chi connectivity index (χ1) is 8.81. The number of sulfone groups is 1. The van der Waals surface area contributed by atoms with Crippen molar-refractivity contribution in [2.24, 2.45) is 10.8 Å². The zero-order valence-corrected chi connectivity index (χ0v) is 12.4. The van der Waals surface area contributed by atoms with Crippen molar-refractivity contribution in [2.75, 3.05) is 19.5 Å². The van der Waals surface area contributed by atoms with Gasteiger partial charge in [-0.15, -0.1) is 0 Å². The number of hydrogen-bond acceptors (Lipinski definition) is 7. The fourth-order valence-electron chi connectivity index (χ4n) is 1.39. The molecule has 0 aliphatic carbocycles. The van der Waals surface area contributed by atoms with Crippen molar-refractivity contribution in [1.29, 1.82) is 0 Å². The summed E-state index contributed by atoms with van der Waals surface area (Å²) >= 11 is 0. The fourth-order valence-corrected chi connectivity index (χ4v) is 2.40. The summed E-state index contributed by atoms with van der Waals surface area (Å²) in [6.07, 6.45) is 1.51. The van der Waals surface area contributed by atoms with Crippen molar-refractivity contribution >= 4 is 15.5 Å². The lowest BCUT2D eigenvalue weighted by atomic mass is 10.3. The highest BCUT2D eigenvalue weighted by Crippen LogP contribution is 2.12. The van der Waals surface area contributed by atoms with Gasteiger partial charge in [-0.05, 0) is 13.8 Å². The van der Waals surface area contributed by atoms with Gasteiger partial charge in [-0.2, -0.15) is 5.10 Å². The van der Waals surface area contributed by atoms with E-state index in [1.807, 2.05) is 0 Å². The Labute approximate surface area is 113 Å². The summed E-state index contributed by atoms with van der Waals surface area (Å²) in [5, 5.41) is 5.72. The van der Waals surface area contributed by atoms with Gasteiger partial charge in [0.15, 0.2) is 14.9 Å². The van der Waals surface area contributed by atoms with E-state index in [1.54, 1.807) is 27.8 Å². The second kappa shape index (κ2) is 6.07. The Morgan fingerprint density at radius 3 is 2.68 bits per heavy atom. The predicted molar refractivity (Wildman–Crippen MR) is 73.5 cm³/mol. The summed E-state index contributed by atoms with van der Waals surface area (Å²) in [7, 11) is -1.67. The van der Waals surface area contributed by atoms with Crippen LogP contribution in [0.2, 0.25) is 0 Å². The smallest absolute Gasteiger partial charge is 0.197 e. The molecule has 0 unspecified atom stereocenters. The molecular formula is C11H19N5O2S. The van der Waals surface area contributed by atoms with E-state index in [1.165, 1.54) is 11.2 Å². The highest BCUT2D eigenvalue weighted by molar-refractivity contribution is 7.91. The van der Waals surface area contributed by atoms with Crippen molar-refractivity contribution < 1.29 is 8.42 Å². The van der Waals surface area contributed by atoms with Crippen LogP contribution in [0.4, 0.5) is 0 Å². The molecule has 8 heteroatoms. The van der Waals surface area contributed by atoms with E-state index in [4.69, 9.17) is 5.73 Å². The van der Waals surface area contributed by atoms with Crippen LogP contribution in [0.5, 0.6) is 0 Å². The molecule has 19 heavy (non-hydrogen) atoms. The van der Waals surface area contributed by atoms with Gasteiger partial charge in [0.05, 0.1) is 30.0 Å². The molecule has 0 amide bonds. The third-order valence-corrected chi connectivity index (χ3v) is 4.28. The highest BCUT2D eigenvalue weighted by Gasteiger charge is 2.18. The molecule has 0 aliphatic rings. The van der Waals surface area contributed by atoms with E-state index in [2.05, 4.69) is 15.1 Å². The summed E-state index contributed by atoms with van der Waals surface area (Å²) in [4.78, 5) is 8.23. The molecule has 0 aromatic carbocycles. The molecule has 7 nitrogen and oxygen atoms in total. The van der Waals surface area contributed by atoms with Gasteiger partial charge in [0.2, 0.25) is 0 Å². The average Bonchev–Trinajstić information content (AvgIpc) is 2.38. The van der Waals surface area contributed by atoms with Crippen LogP contribution < -0.4 is 5.73 Å².